The number of hydrogen-bond donors (Lipinski definition) is 2. The van der Waals surface area contributed by atoms with E-state index >= 15 is 0 Å². The molecule has 0 radical (unpaired) electrons. The third-order valence-corrected chi connectivity index (χ3v) is 8.31. The van der Waals surface area contributed by atoms with Crippen molar-refractivity contribution >= 4 is 23.2 Å². The highest BCUT2D eigenvalue weighted by molar-refractivity contribution is 5.99. The summed E-state index contributed by atoms with van der Waals surface area (Å²) in [6.07, 6.45) is 8.86. The molecule has 0 aliphatic heterocycles. The molecule has 44 heavy (non-hydrogen) atoms. The van der Waals surface area contributed by atoms with Gasteiger partial charge in [-0.25, -0.2) is 0 Å². The first kappa shape index (κ1) is 36.7. The number of carbonyl (C=O) groups is 2. The lowest BCUT2D eigenvalue weighted by Crippen LogP contribution is -2.39. The van der Waals surface area contributed by atoms with E-state index in [0.717, 1.165) is 69.0 Å². The van der Waals surface area contributed by atoms with Gasteiger partial charge >= 0.3 is 0 Å². The first-order valence-electron chi connectivity index (χ1n) is 16.6. The number of nitrogens with zero attached hydrogens (tertiary/aromatic N) is 4. The Bertz CT molecular complexity index is 1300. The van der Waals surface area contributed by atoms with Gasteiger partial charge in [0.2, 0.25) is 5.88 Å². The molecule has 0 bridgehead atoms. The van der Waals surface area contributed by atoms with Crippen molar-refractivity contribution in [3.8, 4) is 5.88 Å². The molecule has 9 heteroatoms. The number of aromatic nitrogens is 1. The minimum Gasteiger partial charge on any atom is -0.494 e. The zero-order valence-corrected chi connectivity index (χ0v) is 28.3. The first-order chi connectivity index (χ1) is 21.0. The number of unbranched alkanes of at least 4 members (excludes halogenated alkanes) is 2. The van der Waals surface area contributed by atoms with E-state index in [0.29, 0.717) is 23.1 Å². The fraction of sp³-hybridized carbons (Fsp3) is 0.629. The maximum Gasteiger partial charge on any atom is 0.281 e. The zero-order chi connectivity index (χ0) is 32.8. The Labute approximate surface area is 264 Å². The van der Waals surface area contributed by atoms with Crippen molar-refractivity contribution in [3.05, 3.63) is 51.3 Å². The molecule has 1 aromatic heterocycles. The predicted octanol–water partition coefficient (Wildman–Crippen LogP) is 8.31. The van der Waals surface area contributed by atoms with Gasteiger partial charge in [0.25, 0.3) is 17.4 Å². The molecule has 0 aliphatic carbocycles. The van der Waals surface area contributed by atoms with Crippen molar-refractivity contribution < 1.29 is 14.7 Å². The summed E-state index contributed by atoms with van der Waals surface area (Å²) in [5.74, 6) is -0.00588. The van der Waals surface area contributed by atoms with Crippen molar-refractivity contribution in [2.24, 2.45) is 22.1 Å². The van der Waals surface area contributed by atoms with Crippen molar-refractivity contribution in [1.29, 1.82) is 0 Å². The van der Waals surface area contributed by atoms with E-state index < -0.39 is 17.3 Å². The number of pyridine rings is 1. The Morgan fingerprint density at radius 1 is 0.955 bits per heavy atom. The highest BCUT2D eigenvalue weighted by atomic mass is 16.3. The van der Waals surface area contributed by atoms with E-state index in [9.17, 15) is 19.5 Å². The molecule has 244 valence electrons. The molecule has 0 aliphatic rings. The summed E-state index contributed by atoms with van der Waals surface area (Å²) in [6.45, 7) is 17.3. The van der Waals surface area contributed by atoms with Gasteiger partial charge in [-0.3, -0.25) is 19.0 Å². The molecular formula is C35H55N5O4. The number of nitrogens with one attached hydrogen (secondary N) is 1. The number of hydrogen-bond acceptors (Lipinski definition) is 6. The van der Waals surface area contributed by atoms with Crippen LogP contribution in [0.15, 0.2) is 39.3 Å². The Balaban J connectivity index is 2.47. The van der Waals surface area contributed by atoms with Crippen LogP contribution in [0.5, 0.6) is 5.88 Å². The summed E-state index contributed by atoms with van der Waals surface area (Å²) >= 11 is 0. The summed E-state index contributed by atoms with van der Waals surface area (Å²) in [5.41, 5.74) is 0.627. The number of amides is 2. The zero-order valence-electron chi connectivity index (χ0n) is 28.3. The fourth-order valence-electron chi connectivity index (χ4n) is 5.51. The molecule has 2 amide bonds. The second-order valence-electron chi connectivity index (χ2n) is 12.1. The van der Waals surface area contributed by atoms with Gasteiger partial charge in [-0.05, 0) is 70.6 Å². The van der Waals surface area contributed by atoms with Crippen molar-refractivity contribution in [2.75, 3.05) is 13.1 Å². The lowest BCUT2D eigenvalue weighted by Gasteiger charge is -2.31. The molecule has 0 fully saturated rings. The van der Waals surface area contributed by atoms with E-state index in [-0.39, 0.29) is 35.3 Å². The minimum absolute atomic E-state index is 0.00391. The van der Waals surface area contributed by atoms with Crippen LogP contribution in [-0.4, -0.2) is 45.5 Å². The highest BCUT2D eigenvalue weighted by Gasteiger charge is 2.25. The molecule has 2 rings (SSSR count). The minimum atomic E-state index is -0.541. The SMILES string of the molecule is CCCCC(CC)CN(CC(CC)CCCC)C(=O)c1cccc(N=Nc2c(C)c(C(=O)NC(C)C)c(O)n(CC)c2=O)c1. The molecule has 9 nitrogen and oxygen atoms in total. The molecule has 0 spiro atoms. The second kappa shape index (κ2) is 18.3. The van der Waals surface area contributed by atoms with E-state index in [1.807, 2.05) is 18.7 Å². The Hall–Kier alpha value is -3.49. The Morgan fingerprint density at radius 2 is 1.55 bits per heavy atom. The van der Waals surface area contributed by atoms with Gasteiger partial charge in [-0.2, -0.15) is 5.11 Å². The summed E-state index contributed by atoms with van der Waals surface area (Å²) < 4.78 is 1.11. The van der Waals surface area contributed by atoms with Gasteiger partial charge in [0.15, 0.2) is 5.69 Å². The van der Waals surface area contributed by atoms with Crippen LogP contribution < -0.4 is 10.9 Å². The van der Waals surface area contributed by atoms with Crippen LogP contribution in [-0.2, 0) is 6.54 Å². The molecule has 2 N–H and O–H groups in total. The lowest BCUT2D eigenvalue weighted by atomic mass is 9.95. The molecule has 2 atom stereocenters. The Morgan fingerprint density at radius 3 is 2.05 bits per heavy atom. The number of azo groups is 1. The number of benzene rings is 1. The highest BCUT2D eigenvalue weighted by Crippen LogP contribution is 2.28. The normalized spacial score (nSPS) is 12.9. The van der Waals surface area contributed by atoms with Crippen LogP contribution >= 0.6 is 0 Å². The van der Waals surface area contributed by atoms with Crippen LogP contribution in [0, 0.1) is 18.8 Å². The molecule has 0 saturated carbocycles. The van der Waals surface area contributed by atoms with Gasteiger partial charge in [0.05, 0.1) is 5.69 Å². The molecule has 2 unspecified atom stereocenters. The monoisotopic (exact) mass is 609 g/mol. The molecule has 2 aromatic rings. The van der Waals surface area contributed by atoms with Crippen LogP contribution in [0.25, 0.3) is 0 Å². The predicted molar refractivity (Wildman–Crippen MR) is 179 cm³/mol. The molecule has 1 heterocycles. The second-order valence-corrected chi connectivity index (χ2v) is 12.1. The Kier molecular flexibility index (Phi) is 15.3. The molecule has 0 saturated heterocycles. The fourth-order valence-corrected chi connectivity index (χ4v) is 5.51. The molecule has 1 aromatic carbocycles. The number of carbonyl (C=O) groups excluding carboxylic acids is 2. The summed E-state index contributed by atoms with van der Waals surface area (Å²) in [7, 11) is 0. The van der Waals surface area contributed by atoms with Crippen molar-refractivity contribution in [2.45, 2.75) is 119 Å². The van der Waals surface area contributed by atoms with Gasteiger partial charge in [-0.15, -0.1) is 5.11 Å². The van der Waals surface area contributed by atoms with E-state index in [4.69, 9.17) is 0 Å². The van der Waals surface area contributed by atoms with Crippen LogP contribution in [0.1, 0.15) is 126 Å². The maximum absolute atomic E-state index is 14.0. The summed E-state index contributed by atoms with van der Waals surface area (Å²) in [5, 5.41) is 22.1. The third-order valence-electron chi connectivity index (χ3n) is 8.31. The van der Waals surface area contributed by atoms with E-state index in [1.54, 1.807) is 38.1 Å². The molecular weight excluding hydrogens is 554 g/mol. The van der Waals surface area contributed by atoms with Gasteiger partial charge in [-0.1, -0.05) is 72.3 Å². The van der Waals surface area contributed by atoms with Crippen molar-refractivity contribution in [1.82, 2.24) is 14.8 Å². The smallest absolute Gasteiger partial charge is 0.281 e. The average molecular weight is 610 g/mol. The van der Waals surface area contributed by atoms with Gasteiger partial charge in [0, 0.05) is 36.8 Å². The van der Waals surface area contributed by atoms with Crippen LogP contribution in [0.4, 0.5) is 11.4 Å². The van der Waals surface area contributed by atoms with E-state index in [2.05, 4.69) is 43.2 Å². The number of aromatic hydroxyl groups is 1. The van der Waals surface area contributed by atoms with Gasteiger partial charge < -0.3 is 15.3 Å². The maximum atomic E-state index is 14.0. The quantitative estimate of drug-likeness (QED) is 0.165. The topological polar surface area (TPSA) is 116 Å². The van der Waals surface area contributed by atoms with Gasteiger partial charge in [0.1, 0.15) is 5.56 Å². The van der Waals surface area contributed by atoms with E-state index in [1.165, 1.54) is 0 Å². The first-order valence-corrected chi connectivity index (χ1v) is 16.6. The largest absolute Gasteiger partial charge is 0.494 e. The lowest BCUT2D eigenvalue weighted by molar-refractivity contribution is 0.0684. The standard InChI is InChI=1S/C35H55N5O4/c1-9-14-17-26(11-3)22-39(23-27(12-4)18-15-10-2)33(42)28-19-16-20-29(21-28)37-38-31-25(8)30(32(41)36-24(6)7)34(43)40(13-5)35(31)44/h16,19-21,24,26-27,43H,9-15,17-18,22-23H2,1-8H3,(H,36,41). The average Bonchev–Trinajstić information content (AvgIpc) is 2.99. The third kappa shape index (κ3) is 10.0. The summed E-state index contributed by atoms with van der Waals surface area (Å²) in [4.78, 5) is 42.1. The number of rotatable bonds is 18. The van der Waals surface area contributed by atoms with Crippen LogP contribution in [0.3, 0.4) is 0 Å². The summed E-state index contributed by atoms with van der Waals surface area (Å²) in [6, 6.07) is 6.86. The van der Waals surface area contributed by atoms with Crippen LogP contribution in [0.2, 0.25) is 0 Å². The van der Waals surface area contributed by atoms with Crippen molar-refractivity contribution in [3.63, 3.8) is 0 Å².